The number of para-hydroxylation sites is 1. The van der Waals surface area contributed by atoms with E-state index >= 15 is 0 Å². The van der Waals surface area contributed by atoms with Gasteiger partial charge in [0.05, 0.1) is 11.0 Å². The SMILES string of the molecule is Cc1cccc2nc(N)n(CCCN(C)C(C)C)c12. The van der Waals surface area contributed by atoms with E-state index in [1.807, 2.05) is 12.1 Å². The molecule has 0 saturated heterocycles. The molecule has 104 valence electrons. The number of fused-ring (bicyclic) bond motifs is 1. The number of hydrogen-bond acceptors (Lipinski definition) is 3. The minimum Gasteiger partial charge on any atom is -0.369 e. The van der Waals surface area contributed by atoms with Crippen molar-refractivity contribution >= 4 is 17.0 Å². The highest BCUT2D eigenvalue weighted by Crippen LogP contribution is 2.21. The van der Waals surface area contributed by atoms with Crippen LogP contribution in [0.3, 0.4) is 0 Å². The van der Waals surface area contributed by atoms with Gasteiger partial charge in [-0.15, -0.1) is 0 Å². The highest BCUT2D eigenvalue weighted by atomic mass is 15.2. The number of aryl methyl sites for hydroxylation is 2. The number of nitrogens with zero attached hydrogens (tertiary/aromatic N) is 3. The van der Waals surface area contributed by atoms with Crippen LogP contribution >= 0.6 is 0 Å². The molecule has 2 aromatic rings. The van der Waals surface area contributed by atoms with Crippen molar-refractivity contribution in [3.63, 3.8) is 0 Å². The Morgan fingerprint density at radius 3 is 2.79 bits per heavy atom. The van der Waals surface area contributed by atoms with E-state index in [9.17, 15) is 0 Å². The average Bonchev–Trinajstić information content (AvgIpc) is 2.67. The molecule has 4 nitrogen and oxygen atoms in total. The lowest BCUT2D eigenvalue weighted by atomic mass is 10.2. The topological polar surface area (TPSA) is 47.1 Å². The Balaban J connectivity index is 2.14. The van der Waals surface area contributed by atoms with Gasteiger partial charge in [0.25, 0.3) is 0 Å². The minimum absolute atomic E-state index is 0.582. The van der Waals surface area contributed by atoms with Crippen molar-refractivity contribution in [2.75, 3.05) is 19.3 Å². The summed E-state index contributed by atoms with van der Waals surface area (Å²) in [7, 11) is 2.16. The Kier molecular flexibility index (Phi) is 4.10. The number of hydrogen-bond donors (Lipinski definition) is 1. The lowest BCUT2D eigenvalue weighted by Gasteiger charge is -2.21. The van der Waals surface area contributed by atoms with Crippen LogP contribution < -0.4 is 5.73 Å². The molecular weight excluding hydrogens is 236 g/mol. The molecule has 0 atom stereocenters. The fraction of sp³-hybridized carbons (Fsp3) is 0.533. The van der Waals surface area contributed by atoms with Crippen molar-refractivity contribution in [3.8, 4) is 0 Å². The standard InChI is InChI=1S/C15H24N4/c1-11(2)18(4)9-6-10-19-14-12(3)7-5-8-13(14)17-15(19)16/h5,7-8,11H,6,9-10H2,1-4H3,(H2,16,17). The maximum absolute atomic E-state index is 6.04. The van der Waals surface area contributed by atoms with Crippen LogP contribution in [0.5, 0.6) is 0 Å². The second-order valence-electron chi connectivity index (χ2n) is 5.49. The van der Waals surface area contributed by atoms with Crippen LogP contribution in [-0.4, -0.2) is 34.1 Å². The molecule has 0 unspecified atom stereocenters. The van der Waals surface area contributed by atoms with E-state index < -0.39 is 0 Å². The summed E-state index contributed by atoms with van der Waals surface area (Å²) in [6.07, 6.45) is 1.08. The van der Waals surface area contributed by atoms with Gasteiger partial charge in [-0.25, -0.2) is 4.98 Å². The first-order valence-electron chi connectivity index (χ1n) is 6.92. The molecule has 2 rings (SSSR count). The van der Waals surface area contributed by atoms with E-state index in [-0.39, 0.29) is 0 Å². The molecule has 0 saturated carbocycles. The van der Waals surface area contributed by atoms with Crippen LogP contribution in [0.15, 0.2) is 18.2 Å². The van der Waals surface area contributed by atoms with E-state index in [0.717, 1.165) is 25.0 Å². The van der Waals surface area contributed by atoms with Gasteiger partial charge in [0.15, 0.2) is 0 Å². The van der Waals surface area contributed by atoms with Crippen LogP contribution in [0.2, 0.25) is 0 Å². The van der Waals surface area contributed by atoms with Crippen LogP contribution in [0.4, 0.5) is 5.95 Å². The fourth-order valence-corrected chi connectivity index (χ4v) is 2.35. The first-order chi connectivity index (χ1) is 9.00. The third-order valence-electron chi connectivity index (χ3n) is 3.77. The number of rotatable bonds is 5. The average molecular weight is 260 g/mol. The zero-order valence-corrected chi connectivity index (χ0v) is 12.3. The van der Waals surface area contributed by atoms with E-state index in [0.29, 0.717) is 12.0 Å². The lowest BCUT2D eigenvalue weighted by molar-refractivity contribution is 0.266. The van der Waals surface area contributed by atoms with Crippen LogP contribution in [0.1, 0.15) is 25.8 Å². The quantitative estimate of drug-likeness (QED) is 0.899. The third-order valence-corrected chi connectivity index (χ3v) is 3.77. The molecule has 19 heavy (non-hydrogen) atoms. The summed E-state index contributed by atoms with van der Waals surface area (Å²) in [5, 5.41) is 0. The third kappa shape index (κ3) is 2.89. The molecule has 0 aliphatic rings. The maximum Gasteiger partial charge on any atom is 0.201 e. The molecule has 1 aromatic heterocycles. The van der Waals surface area contributed by atoms with Gasteiger partial charge < -0.3 is 15.2 Å². The summed E-state index contributed by atoms with van der Waals surface area (Å²) in [4.78, 5) is 6.78. The summed E-state index contributed by atoms with van der Waals surface area (Å²) >= 11 is 0. The fourth-order valence-electron chi connectivity index (χ4n) is 2.35. The number of aromatic nitrogens is 2. The van der Waals surface area contributed by atoms with Gasteiger partial charge in [-0.3, -0.25) is 0 Å². The number of anilines is 1. The number of imidazole rings is 1. The summed E-state index contributed by atoms with van der Waals surface area (Å²) in [5.41, 5.74) is 9.44. The normalized spacial score (nSPS) is 11.9. The van der Waals surface area contributed by atoms with E-state index in [2.05, 4.69) is 48.3 Å². The molecule has 0 amide bonds. The molecule has 0 spiro atoms. The Hall–Kier alpha value is -1.55. The summed E-state index contributed by atoms with van der Waals surface area (Å²) < 4.78 is 2.14. The molecule has 0 bridgehead atoms. The molecule has 0 radical (unpaired) electrons. The zero-order chi connectivity index (χ0) is 14.0. The molecule has 0 aliphatic heterocycles. The van der Waals surface area contributed by atoms with Crippen molar-refractivity contribution in [2.45, 2.75) is 39.8 Å². The van der Waals surface area contributed by atoms with Crippen LogP contribution in [0, 0.1) is 6.92 Å². The molecular formula is C15H24N4. The lowest BCUT2D eigenvalue weighted by Crippen LogP contribution is -2.28. The Labute approximate surface area is 115 Å². The highest BCUT2D eigenvalue weighted by Gasteiger charge is 2.10. The smallest absolute Gasteiger partial charge is 0.201 e. The van der Waals surface area contributed by atoms with Crippen molar-refractivity contribution in [1.82, 2.24) is 14.5 Å². The molecule has 2 N–H and O–H groups in total. The van der Waals surface area contributed by atoms with E-state index in [1.165, 1.54) is 11.1 Å². The Morgan fingerprint density at radius 1 is 1.37 bits per heavy atom. The summed E-state index contributed by atoms with van der Waals surface area (Å²) in [5.74, 6) is 0.622. The molecule has 0 fully saturated rings. The number of benzene rings is 1. The molecule has 0 aliphatic carbocycles. The Bertz CT molecular complexity index is 557. The van der Waals surface area contributed by atoms with Crippen LogP contribution in [0.25, 0.3) is 11.0 Å². The van der Waals surface area contributed by atoms with Crippen LogP contribution in [-0.2, 0) is 6.54 Å². The van der Waals surface area contributed by atoms with Crippen molar-refractivity contribution < 1.29 is 0 Å². The van der Waals surface area contributed by atoms with Gasteiger partial charge in [-0.2, -0.15) is 0 Å². The first kappa shape index (κ1) is 13.9. The van der Waals surface area contributed by atoms with Gasteiger partial charge in [0, 0.05) is 12.6 Å². The summed E-state index contributed by atoms with van der Waals surface area (Å²) in [6, 6.07) is 6.75. The van der Waals surface area contributed by atoms with Gasteiger partial charge in [0.2, 0.25) is 5.95 Å². The van der Waals surface area contributed by atoms with Gasteiger partial charge in [0.1, 0.15) is 0 Å². The van der Waals surface area contributed by atoms with Gasteiger partial charge in [-0.05, 0) is 52.4 Å². The second kappa shape index (κ2) is 5.61. The zero-order valence-electron chi connectivity index (χ0n) is 12.3. The first-order valence-corrected chi connectivity index (χ1v) is 6.92. The van der Waals surface area contributed by atoms with Crippen molar-refractivity contribution in [1.29, 1.82) is 0 Å². The second-order valence-corrected chi connectivity index (χ2v) is 5.49. The predicted molar refractivity (Wildman–Crippen MR) is 81.3 cm³/mol. The number of nitrogens with two attached hydrogens (primary N) is 1. The molecule has 1 aromatic carbocycles. The van der Waals surface area contributed by atoms with E-state index in [1.54, 1.807) is 0 Å². The van der Waals surface area contributed by atoms with Crippen molar-refractivity contribution in [2.24, 2.45) is 0 Å². The molecule has 1 heterocycles. The molecule has 4 heteroatoms. The largest absolute Gasteiger partial charge is 0.369 e. The summed E-state index contributed by atoms with van der Waals surface area (Å²) in [6.45, 7) is 8.53. The number of nitrogen functional groups attached to an aromatic ring is 1. The van der Waals surface area contributed by atoms with Gasteiger partial charge in [-0.1, -0.05) is 12.1 Å². The minimum atomic E-state index is 0.582. The maximum atomic E-state index is 6.04. The predicted octanol–water partition coefficient (Wildman–Crippen LogP) is 2.66. The van der Waals surface area contributed by atoms with Gasteiger partial charge >= 0.3 is 0 Å². The Morgan fingerprint density at radius 2 is 2.11 bits per heavy atom. The van der Waals surface area contributed by atoms with E-state index in [4.69, 9.17) is 5.73 Å². The monoisotopic (exact) mass is 260 g/mol. The van der Waals surface area contributed by atoms with Crippen molar-refractivity contribution in [3.05, 3.63) is 23.8 Å². The highest BCUT2D eigenvalue weighted by molar-refractivity contribution is 5.81.